The summed E-state index contributed by atoms with van der Waals surface area (Å²) in [6.07, 6.45) is 3.62. The number of hydrogen-bond donors (Lipinski definition) is 2. The first-order valence-electron chi connectivity index (χ1n) is 9.05. The lowest BCUT2D eigenvalue weighted by atomic mass is 10.1. The SMILES string of the molecule is O=C(O)CCc1cccc(NC(=O)CCCCc2nc3ccccc3s2)c1. The van der Waals surface area contributed by atoms with Gasteiger partial charge in [-0.2, -0.15) is 0 Å². The molecule has 27 heavy (non-hydrogen) atoms. The molecule has 0 bridgehead atoms. The van der Waals surface area contributed by atoms with Crippen molar-refractivity contribution in [3.05, 3.63) is 59.1 Å². The van der Waals surface area contributed by atoms with Gasteiger partial charge in [-0.05, 0) is 55.5 Å². The zero-order chi connectivity index (χ0) is 19.1. The summed E-state index contributed by atoms with van der Waals surface area (Å²) < 4.78 is 1.20. The second kappa shape index (κ2) is 9.28. The number of thiazole rings is 1. The Kier molecular flexibility index (Phi) is 6.54. The molecule has 3 aromatic rings. The number of hydrogen-bond acceptors (Lipinski definition) is 4. The van der Waals surface area contributed by atoms with Gasteiger partial charge in [-0.25, -0.2) is 4.98 Å². The standard InChI is InChI=1S/C21H22N2O3S/c24-19(22-16-7-5-6-15(14-16)12-13-21(25)26)10-3-4-11-20-23-17-8-1-2-9-18(17)27-20/h1-2,5-9,14H,3-4,10-13H2,(H,22,24)(H,25,26). The van der Waals surface area contributed by atoms with Gasteiger partial charge < -0.3 is 10.4 Å². The fourth-order valence-electron chi connectivity index (χ4n) is 2.87. The van der Waals surface area contributed by atoms with Gasteiger partial charge in [0.1, 0.15) is 0 Å². The molecule has 0 unspecified atom stereocenters. The van der Waals surface area contributed by atoms with Crippen LogP contribution in [0.4, 0.5) is 5.69 Å². The third-order valence-corrected chi connectivity index (χ3v) is 5.32. The molecule has 140 valence electrons. The highest BCUT2D eigenvalue weighted by atomic mass is 32.1. The molecule has 0 aliphatic heterocycles. The molecule has 0 saturated heterocycles. The average molecular weight is 382 g/mol. The predicted molar refractivity (Wildman–Crippen MR) is 108 cm³/mol. The molecule has 0 spiro atoms. The Morgan fingerprint density at radius 1 is 1.00 bits per heavy atom. The lowest BCUT2D eigenvalue weighted by Gasteiger charge is -2.07. The third-order valence-electron chi connectivity index (χ3n) is 4.22. The fraction of sp³-hybridized carbons (Fsp3) is 0.286. The van der Waals surface area contributed by atoms with Crippen molar-refractivity contribution in [1.82, 2.24) is 4.98 Å². The fourth-order valence-corrected chi connectivity index (χ4v) is 3.88. The first-order valence-corrected chi connectivity index (χ1v) is 9.87. The summed E-state index contributed by atoms with van der Waals surface area (Å²) in [5, 5.41) is 12.8. The lowest BCUT2D eigenvalue weighted by Crippen LogP contribution is -2.11. The van der Waals surface area contributed by atoms with Gasteiger partial charge >= 0.3 is 5.97 Å². The summed E-state index contributed by atoms with van der Waals surface area (Å²) in [5.74, 6) is -0.841. The number of carboxylic acid groups (broad SMARTS) is 1. The van der Waals surface area contributed by atoms with Crippen molar-refractivity contribution in [3.8, 4) is 0 Å². The molecule has 0 fully saturated rings. The van der Waals surface area contributed by atoms with Gasteiger partial charge in [0.2, 0.25) is 5.91 Å². The number of carbonyl (C=O) groups is 2. The maximum atomic E-state index is 12.1. The quantitative estimate of drug-likeness (QED) is 0.527. The topological polar surface area (TPSA) is 79.3 Å². The van der Waals surface area contributed by atoms with Crippen molar-refractivity contribution in [2.75, 3.05) is 5.32 Å². The Labute approximate surface area is 162 Å². The Hall–Kier alpha value is -2.73. The van der Waals surface area contributed by atoms with Crippen LogP contribution >= 0.6 is 11.3 Å². The van der Waals surface area contributed by atoms with E-state index in [9.17, 15) is 9.59 Å². The summed E-state index contributed by atoms with van der Waals surface area (Å²) in [6.45, 7) is 0. The third kappa shape index (κ3) is 5.89. The number of amides is 1. The van der Waals surface area contributed by atoms with Crippen molar-refractivity contribution in [2.45, 2.75) is 38.5 Å². The Morgan fingerprint density at radius 2 is 1.85 bits per heavy atom. The van der Waals surface area contributed by atoms with E-state index in [1.165, 1.54) is 4.70 Å². The second-order valence-electron chi connectivity index (χ2n) is 6.42. The number of aryl methyl sites for hydroxylation is 2. The first kappa shape index (κ1) is 19.0. The number of para-hydroxylation sites is 1. The monoisotopic (exact) mass is 382 g/mol. The highest BCUT2D eigenvalue weighted by Gasteiger charge is 2.06. The Balaban J connectivity index is 1.41. The van der Waals surface area contributed by atoms with Gasteiger partial charge in [-0.3, -0.25) is 9.59 Å². The van der Waals surface area contributed by atoms with Gasteiger partial charge in [-0.15, -0.1) is 11.3 Å². The summed E-state index contributed by atoms with van der Waals surface area (Å²) in [5.41, 5.74) is 2.66. The highest BCUT2D eigenvalue weighted by molar-refractivity contribution is 7.18. The number of anilines is 1. The van der Waals surface area contributed by atoms with Crippen molar-refractivity contribution >= 4 is 39.1 Å². The zero-order valence-electron chi connectivity index (χ0n) is 15.0. The second-order valence-corrected chi connectivity index (χ2v) is 7.54. The number of carbonyl (C=O) groups excluding carboxylic acids is 1. The maximum absolute atomic E-state index is 12.1. The van der Waals surface area contributed by atoms with Gasteiger partial charge in [0.05, 0.1) is 15.2 Å². The van der Waals surface area contributed by atoms with Crippen molar-refractivity contribution in [3.63, 3.8) is 0 Å². The molecule has 0 radical (unpaired) electrons. The van der Waals surface area contributed by atoms with Crippen LogP contribution in [0.5, 0.6) is 0 Å². The molecular weight excluding hydrogens is 360 g/mol. The van der Waals surface area contributed by atoms with Gasteiger partial charge in [0.15, 0.2) is 0 Å². The van der Waals surface area contributed by atoms with E-state index >= 15 is 0 Å². The molecule has 2 N–H and O–H groups in total. The van der Waals surface area contributed by atoms with E-state index in [1.54, 1.807) is 11.3 Å². The average Bonchev–Trinajstić information content (AvgIpc) is 3.07. The van der Waals surface area contributed by atoms with E-state index in [0.717, 1.165) is 35.4 Å². The minimum atomic E-state index is -0.822. The van der Waals surface area contributed by atoms with E-state index in [2.05, 4.69) is 16.4 Å². The molecule has 0 aliphatic carbocycles. The molecule has 6 heteroatoms. The van der Waals surface area contributed by atoms with E-state index < -0.39 is 5.97 Å². The van der Waals surface area contributed by atoms with E-state index in [0.29, 0.717) is 18.5 Å². The predicted octanol–water partition coefficient (Wildman–Crippen LogP) is 4.67. The number of nitrogens with one attached hydrogen (secondary N) is 1. The molecule has 2 aromatic carbocycles. The largest absolute Gasteiger partial charge is 0.481 e. The number of rotatable bonds is 9. The minimum Gasteiger partial charge on any atom is -0.481 e. The van der Waals surface area contributed by atoms with Gasteiger partial charge in [-0.1, -0.05) is 24.3 Å². The minimum absolute atomic E-state index is 0.0188. The van der Waals surface area contributed by atoms with Crippen LogP contribution in [0.15, 0.2) is 48.5 Å². The van der Waals surface area contributed by atoms with Crippen LogP contribution < -0.4 is 5.32 Å². The molecule has 0 aliphatic rings. The number of aromatic nitrogens is 1. The normalized spacial score (nSPS) is 10.8. The molecule has 1 heterocycles. The zero-order valence-corrected chi connectivity index (χ0v) is 15.8. The van der Waals surface area contributed by atoms with Gasteiger partial charge in [0, 0.05) is 18.5 Å². The smallest absolute Gasteiger partial charge is 0.303 e. The number of aliphatic carboxylic acids is 1. The summed E-state index contributed by atoms with van der Waals surface area (Å²) in [4.78, 5) is 27.4. The molecular formula is C21H22N2O3S. The summed E-state index contributed by atoms with van der Waals surface area (Å²) in [6, 6.07) is 15.5. The van der Waals surface area contributed by atoms with Crippen LogP contribution in [-0.2, 0) is 22.4 Å². The summed E-state index contributed by atoms with van der Waals surface area (Å²) in [7, 11) is 0. The molecule has 1 amide bonds. The molecule has 5 nitrogen and oxygen atoms in total. The molecule has 0 atom stereocenters. The van der Waals surface area contributed by atoms with Crippen LogP contribution in [0.2, 0.25) is 0 Å². The van der Waals surface area contributed by atoms with Crippen LogP contribution in [0.3, 0.4) is 0 Å². The van der Waals surface area contributed by atoms with Crippen LogP contribution in [0.25, 0.3) is 10.2 Å². The van der Waals surface area contributed by atoms with Crippen LogP contribution in [0.1, 0.15) is 36.3 Å². The van der Waals surface area contributed by atoms with E-state index in [4.69, 9.17) is 5.11 Å². The Bertz CT molecular complexity index is 903. The molecule has 0 saturated carbocycles. The number of nitrogens with zero attached hydrogens (tertiary/aromatic N) is 1. The maximum Gasteiger partial charge on any atom is 0.303 e. The summed E-state index contributed by atoms with van der Waals surface area (Å²) >= 11 is 1.71. The molecule has 3 rings (SSSR count). The number of benzene rings is 2. The van der Waals surface area contributed by atoms with Crippen molar-refractivity contribution < 1.29 is 14.7 Å². The number of carboxylic acids is 1. The van der Waals surface area contributed by atoms with E-state index in [-0.39, 0.29) is 12.3 Å². The van der Waals surface area contributed by atoms with Crippen LogP contribution in [0, 0.1) is 0 Å². The van der Waals surface area contributed by atoms with E-state index in [1.807, 2.05) is 42.5 Å². The van der Waals surface area contributed by atoms with Crippen molar-refractivity contribution in [2.24, 2.45) is 0 Å². The Morgan fingerprint density at radius 3 is 2.67 bits per heavy atom. The molecule has 1 aromatic heterocycles. The van der Waals surface area contributed by atoms with Crippen molar-refractivity contribution in [1.29, 1.82) is 0 Å². The lowest BCUT2D eigenvalue weighted by molar-refractivity contribution is -0.137. The highest BCUT2D eigenvalue weighted by Crippen LogP contribution is 2.23. The number of fused-ring (bicyclic) bond motifs is 1. The first-order chi connectivity index (χ1) is 13.1. The van der Waals surface area contributed by atoms with Gasteiger partial charge in [0.25, 0.3) is 0 Å². The number of unbranched alkanes of at least 4 members (excludes halogenated alkanes) is 1. The van der Waals surface area contributed by atoms with Crippen LogP contribution in [-0.4, -0.2) is 22.0 Å².